The third-order valence-electron chi connectivity index (χ3n) is 3.18. The van der Waals surface area contributed by atoms with Gasteiger partial charge in [0.05, 0.1) is 12.0 Å². The van der Waals surface area contributed by atoms with Crippen LogP contribution in [-0.2, 0) is 6.54 Å². The fraction of sp³-hybridized carbons (Fsp3) is 0.500. The maximum Gasteiger partial charge on any atom is 0.270 e. The van der Waals surface area contributed by atoms with E-state index in [0.717, 1.165) is 25.1 Å². The molecule has 2 rings (SSSR count). The number of non-ortho nitro benzene ring substituents is 1. The number of benzene rings is 1. The number of hydrogen-bond acceptors (Lipinski definition) is 5. The summed E-state index contributed by atoms with van der Waals surface area (Å²) in [5.41, 5.74) is 6.77. The zero-order valence-corrected chi connectivity index (χ0v) is 10.3. The van der Waals surface area contributed by atoms with Crippen molar-refractivity contribution < 1.29 is 9.66 Å². The Morgan fingerprint density at radius 3 is 2.94 bits per heavy atom. The van der Waals surface area contributed by atoms with E-state index in [4.69, 9.17) is 10.5 Å². The molecule has 0 radical (unpaired) electrons. The quantitative estimate of drug-likeness (QED) is 0.641. The van der Waals surface area contributed by atoms with E-state index in [9.17, 15) is 10.1 Å². The Morgan fingerprint density at radius 1 is 1.61 bits per heavy atom. The Kier molecular flexibility index (Phi) is 3.78. The predicted octanol–water partition coefficient (Wildman–Crippen LogP) is 1.14. The molecule has 6 nitrogen and oxygen atoms in total. The minimum atomic E-state index is -0.390. The van der Waals surface area contributed by atoms with Gasteiger partial charge in [0.15, 0.2) is 0 Å². The van der Waals surface area contributed by atoms with Crippen LogP contribution in [0.5, 0.6) is 5.75 Å². The highest BCUT2D eigenvalue weighted by atomic mass is 16.6. The van der Waals surface area contributed by atoms with E-state index in [1.54, 1.807) is 19.2 Å². The summed E-state index contributed by atoms with van der Waals surface area (Å²) in [6, 6.07) is 4.87. The lowest BCUT2D eigenvalue weighted by atomic mass is 10.1. The molecule has 1 atom stereocenters. The van der Waals surface area contributed by atoms with Crippen molar-refractivity contribution in [2.75, 3.05) is 20.2 Å². The molecule has 0 aliphatic carbocycles. The Hall–Kier alpha value is -1.66. The molecule has 0 amide bonds. The summed E-state index contributed by atoms with van der Waals surface area (Å²) in [5.74, 6) is 0.682. The van der Waals surface area contributed by atoms with E-state index in [0.29, 0.717) is 12.3 Å². The maximum atomic E-state index is 10.8. The Morgan fingerprint density at radius 2 is 2.39 bits per heavy atom. The Bertz CT molecular complexity index is 450. The van der Waals surface area contributed by atoms with E-state index in [2.05, 4.69) is 4.90 Å². The number of nitrogens with zero attached hydrogens (tertiary/aromatic N) is 2. The van der Waals surface area contributed by atoms with Gasteiger partial charge in [-0.3, -0.25) is 15.0 Å². The minimum absolute atomic E-state index is 0.0919. The molecule has 1 aromatic rings. The van der Waals surface area contributed by atoms with Gasteiger partial charge < -0.3 is 10.5 Å². The third-order valence-corrected chi connectivity index (χ3v) is 3.18. The van der Waals surface area contributed by atoms with Crippen LogP contribution in [0.4, 0.5) is 5.69 Å². The lowest BCUT2D eigenvalue weighted by Gasteiger charge is -2.17. The number of ether oxygens (including phenoxy) is 1. The summed E-state index contributed by atoms with van der Waals surface area (Å²) < 4.78 is 5.24. The van der Waals surface area contributed by atoms with Crippen molar-refractivity contribution in [3.05, 3.63) is 33.9 Å². The average Bonchev–Trinajstić information content (AvgIpc) is 2.74. The van der Waals surface area contributed by atoms with Crippen molar-refractivity contribution in [1.29, 1.82) is 0 Å². The number of hydrogen-bond donors (Lipinski definition) is 1. The Labute approximate surface area is 105 Å². The number of rotatable bonds is 4. The fourth-order valence-corrected chi connectivity index (χ4v) is 2.25. The molecule has 1 aliphatic heterocycles. The van der Waals surface area contributed by atoms with E-state index < -0.39 is 4.92 Å². The van der Waals surface area contributed by atoms with Crippen LogP contribution in [0, 0.1) is 10.1 Å². The molecule has 1 saturated heterocycles. The van der Waals surface area contributed by atoms with Crippen LogP contribution < -0.4 is 10.5 Å². The molecule has 2 N–H and O–H groups in total. The number of nitro benzene ring substituents is 1. The number of methoxy groups -OCH3 is 1. The van der Waals surface area contributed by atoms with Crippen molar-refractivity contribution in [1.82, 2.24) is 4.90 Å². The lowest BCUT2D eigenvalue weighted by Crippen LogP contribution is -2.26. The highest BCUT2D eigenvalue weighted by Gasteiger charge is 2.21. The van der Waals surface area contributed by atoms with Gasteiger partial charge in [-0.25, -0.2) is 0 Å². The molecular formula is C12H17N3O3. The van der Waals surface area contributed by atoms with Crippen molar-refractivity contribution in [2.45, 2.75) is 19.0 Å². The molecule has 0 spiro atoms. The fourth-order valence-electron chi connectivity index (χ4n) is 2.25. The summed E-state index contributed by atoms with van der Waals surface area (Å²) in [6.07, 6.45) is 0.969. The molecule has 1 heterocycles. The van der Waals surface area contributed by atoms with E-state index >= 15 is 0 Å². The molecule has 18 heavy (non-hydrogen) atoms. The number of likely N-dealkylation sites (tertiary alicyclic amines) is 1. The highest BCUT2D eigenvalue weighted by molar-refractivity contribution is 5.43. The molecule has 1 aliphatic rings. The second-order valence-electron chi connectivity index (χ2n) is 4.54. The molecular weight excluding hydrogens is 234 g/mol. The van der Waals surface area contributed by atoms with Crippen molar-refractivity contribution in [3.8, 4) is 5.75 Å². The molecule has 0 bridgehead atoms. The van der Waals surface area contributed by atoms with Gasteiger partial charge in [-0.2, -0.15) is 0 Å². The largest absolute Gasteiger partial charge is 0.496 e. The monoisotopic (exact) mass is 251 g/mol. The Balaban J connectivity index is 2.18. The van der Waals surface area contributed by atoms with Gasteiger partial charge in [0.1, 0.15) is 5.75 Å². The summed E-state index contributed by atoms with van der Waals surface area (Å²) in [4.78, 5) is 12.6. The second-order valence-corrected chi connectivity index (χ2v) is 4.54. The molecule has 0 saturated carbocycles. The first-order valence-corrected chi connectivity index (χ1v) is 5.89. The van der Waals surface area contributed by atoms with Gasteiger partial charge in [0, 0.05) is 43.4 Å². The second kappa shape index (κ2) is 5.32. The number of nitro groups is 1. The first kappa shape index (κ1) is 12.8. The standard InChI is InChI=1S/C12H17N3O3/c1-18-12-3-2-11(15(16)17)6-9(12)7-14-5-4-10(13)8-14/h2-3,6,10H,4-5,7-8,13H2,1H3/t10-/m1/s1. The summed E-state index contributed by atoms with van der Waals surface area (Å²) in [5, 5.41) is 10.8. The van der Waals surface area contributed by atoms with E-state index in [-0.39, 0.29) is 11.7 Å². The van der Waals surface area contributed by atoms with Crippen LogP contribution in [0.15, 0.2) is 18.2 Å². The predicted molar refractivity (Wildman–Crippen MR) is 67.5 cm³/mol. The molecule has 98 valence electrons. The normalized spacial score (nSPS) is 20.0. The van der Waals surface area contributed by atoms with Crippen molar-refractivity contribution in [2.24, 2.45) is 5.73 Å². The van der Waals surface area contributed by atoms with E-state index in [1.165, 1.54) is 6.07 Å². The first-order valence-electron chi connectivity index (χ1n) is 5.89. The average molecular weight is 251 g/mol. The highest BCUT2D eigenvalue weighted by Crippen LogP contribution is 2.26. The van der Waals surface area contributed by atoms with Crippen LogP contribution in [-0.4, -0.2) is 36.1 Å². The molecule has 0 aromatic heterocycles. The van der Waals surface area contributed by atoms with Crippen molar-refractivity contribution in [3.63, 3.8) is 0 Å². The van der Waals surface area contributed by atoms with Crippen LogP contribution in [0.1, 0.15) is 12.0 Å². The number of nitrogens with two attached hydrogens (primary N) is 1. The molecule has 1 fully saturated rings. The van der Waals surface area contributed by atoms with Crippen LogP contribution in [0.2, 0.25) is 0 Å². The smallest absolute Gasteiger partial charge is 0.270 e. The van der Waals surface area contributed by atoms with E-state index in [1.807, 2.05) is 0 Å². The lowest BCUT2D eigenvalue weighted by molar-refractivity contribution is -0.384. The van der Waals surface area contributed by atoms with Gasteiger partial charge >= 0.3 is 0 Å². The zero-order chi connectivity index (χ0) is 13.1. The van der Waals surface area contributed by atoms with Gasteiger partial charge in [-0.05, 0) is 12.5 Å². The summed E-state index contributed by atoms with van der Waals surface area (Å²) in [7, 11) is 1.57. The van der Waals surface area contributed by atoms with Gasteiger partial charge in [0.25, 0.3) is 5.69 Å². The topological polar surface area (TPSA) is 81.6 Å². The SMILES string of the molecule is COc1ccc([N+](=O)[O-])cc1CN1CC[C@@H](N)C1. The van der Waals surface area contributed by atoms with Gasteiger partial charge in [0.2, 0.25) is 0 Å². The summed E-state index contributed by atoms with van der Waals surface area (Å²) >= 11 is 0. The van der Waals surface area contributed by atoms with Crippen LogP contribution in [0.25, 0.3) is 0 Å². The molecule has 1 aromatic carbocycles. The third kappa shape index (κ3) is 2.77. The van der Waals surface area contributed by atoms with Gasteiger partial charge in [-0.1, -0.05) is 0 Å². The van der Waals surface area contributed by atoms with Gasteiger partial charge in [-0.15, -0.1) is 0 Å². The molecule has 0 unspecified atom stereocenters. The van der Waals surface area contributed by atoms with Crippen molar-refractivity contribution >= 4 is 5.69 Å². The molecule has 6 heteroatoms. The minimum Gasteiger partial charge on any atom is -0.496 e. The summed E-state index contributed by atoms with van der Waals surface area (Å²) in [6.45, 7) is 2.39. The zero-order valence-electron chi connectivity index (χ0n) is 10.3. The maximum absolute atomic E-state index is 10.8. The van der Waals surface area contributed by atoms with Crippen LogP contribution in [0.3, 0.4) is 0 Å². The van der Waals surface area contributed by atoms with Crippen LogP contribution >= 0.6 is 0 Å². The first-order chi connectivity index (χ1) is 8.60.